The predicted molar refractivity (Wildman–Crippen MR) is 80.0 cm³/mol. The fourth-order valence-corrected chi connectivity index (χ4v) is 2.94. The van der Waals surface area contributed by atoms with E-state index in [2.05, 4.69) is 10.6 Å². The highest BCUT2D eigenvalue weighted by molar-refractivity contribution is 5.98. The summed E-state index contributed by atoms with van der Waals surface area (Å²) in [6.45, 7) is 4.09. The lowest BCUT2D eigenvalue weighted by molar-refractivity contribution is 0.0917. The molecule has 114 valence electrons. The van der Waals surface area contributed by atoms with Crippen molar-refractivity contribution in [2.75, 3.05) is 19.8 Å². The minimum atomic E-state index is -0.0998. The van der Waals surface area contributed by atoms with Crippen LogP contribution in [0.3, 0.4) is 0 Å². The fraction of sp³-hybridized carbons (Fsp3) is 0.562. The van der Waals surface area contributed by atoms with Crippen molar-refractivity contribution in [2.24, 2.45) is 0 Å². The van der Waals surface area contributed by atoms with Crippen LogP contribution in [0.25, 0.3) is 0 Å². The molecule has 0 radical (unpaired) electrons. The lowest BCUT2D eigenvalue weighted by Gasteiger charge is -2.30. The quantitative estimate of drug-likeness (QED) is 0.890. The molecule has 21 heavy (non-hydrogen) atoms. The maximum Gasteiger partial charge on any atom is 0.255 e. The van der Waals surface area contributed by atoms with Crippen molar-refractivity contribution in [2.45, 2.75) is 38.3 Å². The Labute approximate surface area is 125 Å². The number of rotatable bonds is 3. The summed E-state index contributed by atoms with van der Waals surface area (Å²) in [6.07, 6.45) is 3.54. The summed E-state index contributed by atoms with van der Waals surface area (Å²) in [5, 5.41) is 6.55. The van der Waals surface area contributed by atoms with Gasteiger partial charge in [-0.15, -0.1) is 0 Å². The van der Waals surface area contributed by atoms with Crippen LogP contribution in [-0.4, -0.2) is 37.7 Å². The van der Waals surface area contributed by atoms with Crippen LogP contribution in [0.2, 0.25) is 0 Å². The molecule has 1 amide bonds. The van der Waals surface area contributed by atoms with E-state index in [0.29, 0.717) is 36.3 Å². The number of carbonyl (C=O) groups excluding carboxylic acids is 1. The van der Waals surface area contributed by atoms with Gasteiger partial charge in [-0.1, -0.05) is 12.5 Å². The van der Waals surface area contributed by atoms with Gasteiger partial charge in [0, 0.05) is 12.1 Å². The molecule has 2 aliphatic rings. The van der Waals surface area contributed by atoms with Crippen molar-refractivity contribution in [1.29, 1.82) is 0 Å². The van der Waals surface area contributed by atoms with Crippen LogP contribution in [0.15, 0.2) is 18.2 Å². The van der Waals surface area contributed by atoms with Gasteiger partial charge in [-0.3, -0.25) is 4.79 Å². The Morgan fingerprint density at radius 1 is 1.33 bits per heavy atom. The van der Waals surface area contributed by atoms with E-state index in [4.69, 9.17) is 9.47 Å². The number of ether oxygens (including phenoxy) is 2. The maximum atomic E-state index is 12.5. The minimum absolute atomic E-state index is 0.0955. The molecule has 0 aromatic heterocycles. The molecule has 5 nitrogen and oxygen atoms in total. The van der Waals surface area contributed by atoms with Crippen molar-refractivity contribution in [3.63, 3.8) is 0 Å². The second-order valence-electron chi connectivity index (χ2n) is 5.65. The summed E-state index contributed by atoms with van der Waals surface area (Å²) in [5.74, 6) is 1.11. The van der Waals surface area contributed by atoms with Gasteiger partial charge in [0.2, 0.25) is 0 Å². The Morgan fingerprint density at radius 2 is 2.19 bits per heavy atom. The van der Waals surface area contributed by atoms with E-state index >= 15 is 0 Å². The number of hydrogen-bond donors (Lipinski definition) is 2. The molecule has 0 aliphatic carbocycles. The van der Waals surface area contributed by atoms with E-state index in [9.17, 15) is 4.79 Å². The van der Waals surface area contributed by atoms with Gasteiger partial charge in [0.05, 0.1) is 5.56 Å². The SMILES string of the molecule is CC(NC(=O)c1cccc2c1OCCO2)C1CCCCN1. The van der Waals surface area contributed by atoms with Crippen LogP contribution in [0.4, 0.5) is 0 Å². The van der Waals surface area contributed by atoms with Crippen molar-refractivity contribution in [3.05, 3.63) is 23.8 Å². The van der Waals surface area contributed by atoms with Crippen LogP contribution < -0.4 is 20.1 Å². The van der Waals surface area contributed by atoms with E-state index < -0.39 is 0 Å². The Bertz CT molecular complexity index is 512. The molecular weight excluding hydrogens is 268 g/mol. The zero-order valence-electron chi connectivity index (χ0n) is 12.4. The fourth-order valence-electron chi connectivity index (χ4n) is 2.94. The van der Waals surface area contributed by atoms with Gasteiger partial charge in [-0.2, -0.15) is 0 Å². The summed E-state index contributed by atoms with van der Waals surface area (Å²) in [5.41, 5.74) is 0.551. The molecule has 1 fully saturated rings. The first-order valence-corrected chi connectivity index (χ1v) is 7.68. The van der Waals surface area contributed by atoms with Gasteiger partial charge in [0.15, 0.2) is 11.5 Å². The van der Waals surface area contributed by atoms with Gasteiger partial charge in [0.25, 0.3) is 5.91 Å². The minimum Gasteiger partial charge on any atom is -0.486 e. The van der Waals surface area contributed by atoms with Gasteiger partial charge in [0.1, 0.15) is 13.2 Å². The summed E-state index contributed by atoms with van der Waals surface area (Å²) >= 11 is 0. The standard InChI is InChI=1S/C16H22N2O3/c1-11(13-6-2-3-8-17-13)18-16(19)12-5-4-7-14-15(12)21-10-9-20-14/h4-5,7,11,13,17H,2-3,6,8-10H2,1H3,(H,18,19). The highest BCUT2D eigenvalue weighted by Crippen LogP contribution is 2.33. The number of para-hydroxylation sites is 1. The molecule has 0 spiro atoms. The molecule has 3 rings (SSSR count). The van der Waals surface area contributed by atoms with Crippen molar-refractivity contribution < 1.29 is 14.3 Å². The number of carbonyl (C=O) groups is 1. The molecule has 2 aliphatic heterocycles. The maximum absolute atomic E-state index is 12.5. The van der Waals surface area contributed by atoms with Crippen molar-refractivity contribution in [1.82, 2.24) is 10.6 Å². The van der Waals surface area contributed by atoms with E-state index in [1.54, 1.807) is 6.07 Å². The van der Waals surface area contributed by atoms with Crippen molar-refractivity contribution >= 4 is 5.91 Å². The zero-order valence-corrected chi connectivity index (χ0v) is 12.4. The number of piperidine rings is 1. The Morgan fingerprint density at radius 3 is 3.00 bits per heavy atom. The Kier molecular flexibility index (Phi) is 4.29. The number of hydrogen-bond acceptors (Lipinski definition) is 4. The van der Waals surface area contributed by atoms with Crippen LogP contribution in [0.1, 0.15) is 36.5 Å². The highest BCUT2D eigenvalue weighted by Gasteiger charge is 2.24. The molecule has 1 aromatic carbocycles. The van der Waals surface area contributed by atoms with Crippen LogP contribution in [0, 0.1) is 0 Å². The zero-order chi connectivity index (χ0) is 14.7. The monoisotopic (exact) mass is 290 g/mol. The topological polar surface area (TPSA) is 59.6 Å². The first-order valence-electron chi connectivity index (χ1n) is 7.68. The number of benzene rings is 1. The first-order chi connectivity index (χ1) is 10.3. The number of nitrogens with one attached hydrogen (secondary N) is 2. The van der Waals surface area contributed by atoms with Crippen molar-refractivity contribution in [3.8, 4) is 11.5 Å². The third kappa shape index (κ3) is 3.13. The van der Waals surface area contributed by atoms with Crippen LogP contribution in [0.5, 0.6) is 11.5 Å². The van der Waals surface area contributed by atoms with E-state index in [-0.39, 0.29) is 11.9 Å². The summed E-state index contributed by atoms with van der Waals surface area (Å²) in [7, 11) is 0. The van der Waals surface area contributed by atoms with Gasteiger partial charge in [-0.25, -0.2) is 0 Å². The molecule has 5 heteroatoms. The average Bonchev–Trinajstić information content (AvgIpc) is 2.55. The second-order valence-corrected chi connectivity index (χ2v) is 5.65. The molecule has 2 heterocycles. The lowest BCUT2D eigenvalue weighted by Crippen LogP contribution is -2.50. The summed E-state index contributed by atoms with van der Waals surface area (Å²) < 4.78 is 11.1. The first kappa shape index (κ1) is 14.2. The van der Waals surface area contributed by atoms with E-state index in [1.165, 1.54) is 12.8 Å². The second kappa shape index (κ2) is 6.35. The molecule has 2 N–H and O–H groups in total. The van der Waals surface area contributed by atoms with E-state index in [1.807, 2.05) is 19.1 Å². The molecule has 1 aromatic rings. The van der Waals surface area contributed by atoms with E-state index in [0.717, 1.165) is 13.0 Å². The third-order valence-electron chi connectivity index (χ3n) is 4.12. The number of amides is 1. The summed E-state index contributed by atoms with van der Waals surface area (Å²) in [6, 6.07) is 5.88. The Hall–Kier alpha value is -1.75. The molecule has 1 saturated heterocycles. The normalized spacial score (nSPS) is 22.4. The molecule has 2 unspecified atom stereocenters. The molecule has 0 saturated carbocycles. The molecule has 0 bridgehead atoms. The van der Waals surface area contributed by atoms with Gasteiger partial charge < -0.3 is 20.1 Å². The van der Waals surface area contributed by atoms with Crippen LogP contribution >= 0.6 is 0 Å². The Balaban J connectivity index is 1.70. The average molecular weight is 290 g/mol. The lowest BCUT2D eigenvalue weighted by atomic mass is 9.98. The van der Waals surface area contributed by atoms with Gasteiger partial charge in [-0.05, 0) is 38.4 Å². The van der Waals surface area contributed by atoms with Gasteiger partial charge >= 0.3 is 0 Å². The largest absolute Gasteiger partial charge is 0.486 e. The number of fused-ring (bicyclic) bond motifs is 1. The molecular formula is C16H22N2O3. The predicted octanol–water partition coefficient (Wildman–Crippen LogP) is 1.72. The smallest absolute Gasteiger partial charge is 0.255 e. The third-order valence-corrected chi connectivity index (χ3v) is 4.12. The summed E-state index contributed by atoms with van der Waals surface area (Å²) in [4.78, 5) is 12.5. The molecule has 2 atom stereocenters. The highest BCUT2D eigenvalue weighted by atomic mass is 16.6. The van der Waals surface area contributed by atoms with Crippen LogP contribution in [-0.2, 0) is 0 Å².